The maximum atomic E-state index is 14.4. The van der Waals surface area contributed by atoms with Crippen LogP contribution in [-0.2, 0) is 4.79 Å². The Hall–Kier alpha value is -2.42. The van der Waals surface area contributed by atoms with E-state index in [0.29, 0.717) is 5.82 Å². The summed E-state index contributed by atoms with van der Waals surface area (Å²) in [4.78, 5) is 18.0. The Morgan fingerprint density at radius 1 is 1.18 bits per heavy atom. The summed E-state index contributed by atoms with van der Waals surface area (Å²) in [6.07, 6.45) is 0.879. The molecule has 2 saturated heterocycles. The molecule has 1 aromatic carbocycles. The van der Waals surface area contributed by atoms with Crippen LogP contribution < -0.4 is 13.9 Å². The number of benzene rings is 1. The molecule has 0 aliphatic carbocycles. The topological polar surface area (TPSA) is 45.7 Å². The molecule has 2 aliphatic rings. The van der Waals surface area contributed by atoms with Crippen molar-refractivity contribution in [3.8, 4) is 5.75 Å². The lowest BCUT2D eigenvalue weighted by molar-refractivity contribution is -0.117. The number of halogens is 3. The number of methoxy groups -OCH3 is 1. The van der Waals surface area contributed by atoms with Crippen LogP contribution in [-0.4, -0.2) is 36.8 Å². The van der Waals surface area contributed by atoms with Crippen LogP contribution in [0.15, 0.2) is 24.3 Å². The van der Waals surface area contributed by atoms with Gasteiger partial charge in [0.15, 0.2) is 11.6 Å². The molecular formula is C19H18F3N3O2S. The smallest absolute Gasteiger partial charge is 0.228 e. The van der Waals surface area contributed by atoms with Gasteiger partial charge in [-0.25, -0.2) is 18.2 Å². The van der Waals surface area contributed by atoms with Gasteiger partial charge in [0.2, 0.25) is 5.91 Å². The fraction of sp³-hybridized carbons (Fsp3) is 0.368. The Morgan fingerprint density at radius 3 is 2.57 bits per heavy atom. The van der Waals surface area contributed by atoms with E-state index in [1.165, 1.54) is 18.1 Å². The van der Waals surface area contributed by atoms with E-state index in [4.69, 9.17) is 4.74 Å². The minimum Gasteiger partial charge on any atom is -0.497 e. The normalized spacial score (nSPS) is 19.6. The molecule has 0 radical (unpaired) electrons. The van der Waals surface area contributed by atoms with Gasteiger partial charge in [-0.1, -0.05) is 0 Å². The summed E-state index contributed by atoms with van der Waals surface area (Å²) in [5.41, 5.74) is -0.191. The maximum Gasteiger partial charge on any atom is 0.228 e. The molecule has 28 heavy (non-hydrogen) atoms. The van der Waals surface area contributed by atoms with Gasteiger partial charge >= 0.3 is 0 Å². The number of anilines is 2. The molecule has 148 valence electrons. The first kappa shape index (κ1) is 18.9. The number of nitrogens with zero attached hydrogens (tertiary/aromatic N) is 3. The van der Waals surface area contributed by atoms with Crippen molar-refractivity contribution in [1.29, 1.82) is 0 Å². The minimum absolute atomic E-state index is 0.0421. The van der Waals surface area contributed by atoms with Crippen LogP contribution in [0.4, 0.5) is 24.8 Å². The Balaban J connectivity index is 1.63. The standard InChI is InChI=1S/C19H18F3N3O2S/c1-27-12-8-14(21)18(15(22)9-12)11-7-17(26)24(10-11)19-13(20)3-4-16(23-19)25-5-2-6-28-25/h3-4,8-9,11H,2,5-7,10H2,1H3. The fourth-order valence-corrected chi connectivity index (χ4v) is 4.52. The number of aromatic nitrogens is 1. The van der Waals surface area contributed by atoms with Crippen molar-refractivity contribution in [2.45, 2.75) is 18.8 Å². The van der Waals surface area contributed by atoms with E-state index < -0.39 is 29.3 Å². The third kappa shape index (κ3) is 3.39. The number of carbonyl (C=O) groups excluding carboxylic acids is 1. The molecule has 0 spiro atoms. The van der Waals surface area contributed by atoms with E-state index in [0.717, 1.165) is 30.9 Å². The molecule has 0 saturated carbocycles. The average Bonchev–Trinajstić information content (AvgIpc) is 3.32. The van der Waals surface area contributed by atoms with Gasteiger partial charge in [-0.2, -0.15) is 0 Å². The zero-order valence-corrected chi connectivity index (χ0v) is 15.9. The van der Waals surface area contributed by atoms with Crippen LogP contribution in [0.3, 0.4) is 0 Å². The number of carbonyl (C=O) groups is 1. The van der Waals surface area contributed by atoms with E-state index in [9.17, 15) is 18.0 Å². The molecule has 2 aromatic rings. The van der Waals surface area contributed by atoms with E-state index in [-0.39, 0.29) is 30.1 Å². The van der Waals surface area contributed by atoms with E-state index >= 15 is 0 Å². The van der Waals surface area contributed by atoms with Crippen LogP contribution in [0.2, 0.25) is 0 Å². The highest BCUT2D eigenvalue weighted by atomic mass is 32.2. The van der Waals surface area contributed by atoms with Crippen molar-refractivity contribution in [2.75, 3.05) is 35.2 Å². The predicted octanol–water partition coefficient (Wildman–Crippen LogP) is 3.89. The van der Waals surface area contributed by atoms with Gasteiger partial charge in [0.1, 0.15) is 23.2 Å². The number of hydrogen-bond acceptors (Lipinski definition) is 5. The first-order valence-electron chi connectivity index (χ1n) is 8.88. The number of amides is 1. The zero-order valence-electron chi connectivity index (χ0n) is 15.1. The molecule has 3 heterocycles. The zero-order chi connectivity index (χ0) is 19.8. The van der Waals surface area contributed by atoms with Crippen molar-refractivity contribution in [2.24, 2.45) is 0 Å². The lowest BCUT2D eigenvalue weighted by Crippen LogP contribution is -2.27. The largest absolute Gasteiger partial charge is 0.497 e. The van der Waals surface area contributed by atoms with Crippen molar-refractivity contribution >= 4 is 29.5 Å². The van der Waals surface area contributed by atoms with Crippen molar-refractivity contribution in [1.82, 2.24) is 4.98 Å². The quantitative estimate of drug-likeness (QED) is 0.717. The molecule has 4 rings (SSSR count). The van der Waals surface area contributed by atoms with Gasteiger partial charge in [-0.05, 0) is 30.5 Å². The van der Waals surface area contributed by atoms with Crippen molar-refractivity contribution < 1.29 is 22.7 Å². The summed E-state index contributed by atoms with van der Waals surface area (Å²) >= 11 is 1.59. The van der Waals surface area contributed by atoms with Gasteiger partial charge in [0, 0.05) is 48.9 Å². The molecule has 1 unspecified atom stereocenters. The summed E-state index contributed by atoms with van der Waals surface area (Å²) in [7, 11) is 1.31. The van der Waals surface area contributed by atoms with Crippen molar-refractivity contribution in [3.63, 3.8) is 0 Å². The molecule has 1 aromatic heterocycles. The number of pyridine rings is 1. The highest BCUT2D eigenvalue weighted by Crippen LogP contribution is 2.37. The van der Waals surface area contributed by atoms with E-state index in [1.807, 2.05) is 4.31 Å². The van der Waals surface area contributed by atoms with Crippen LogP contribution in [0.5, 0.6) is 5.75 Å². The Morgan fingerprint density at radius 2 is 1.93 bits per heavy atom. The van der Waals surface area contributed by atoms with Gasteiger partial charge in [-0.3, -0.25) is 9.69 Å². The highest BCUT2D eigenvalue weighted by molar-refractivity contribution is 8.00. The number of ether oxygens (including phenoxy) is 1. The van der Waals surface area contributed by atoms with Gasteiger partial charge in [-0.15, -0.1) is 0 Å². The maximum absolute atomic E-state index is 14.4. The third-order valence-electron chi connectivity index (χ3n) is 4.90. The van der Waals surface area contributed by atoms with E-state index in [1.54, 1.807) is 18.0 Å². The van der Waals surface area contributed by atoms with Crippen LogP contribution in [0.1, 0.15) is 24.3 Å². The SMILES string of the molecule is COc1cc(F)c(C2CC(=O)N(c3nc(N4CCCS4)ccc3F)C2)c(F)c1. The van der Waals surface area contributed by atoms with Crippen LogP contribution >= 0.6 is 11.9 Å². The van der Waals surface area contributed by atoms with Gasteiger partial charge in [0.05, 0.1) is 7.11 Å². The van der Waals surface area contributed by atoms with Gasteiger partial charge in [0.25, 0.3) is 0 Å². The molecule has 5 nitrogen and oxygen atoms in total. The summed E-state index contributed by atoms with van der Waals surface area (Å²) in [6.45, 7) is 0.751. The predicted molar refractivity (Wildman–Crippen MR) is 101 cm³/mol. The minimum atomic E-state index is -0.785. The Kier molecular flexibility index (Phi) is 5.09. The van der Waals surface area contributed by atoms with E-state index in [2.05, 4.69) is 4.98 Å². The molecule has 2 aliphatic heterocycles. The Labute approximate surface area is 164 Å². The lowest BCUT2D eigenvalue weighted by Gasteiger charge is -2.20. The summed E-state index contributed by atoms with van der Waals surface area (Å²) in [6, 6.07) is 4.99. The second-order valence-electron chi connectivity index (χ2n) is 6.67. The summed E-state index contributed by atoms with van der Waals surface area (Å²) in [5, 5.41) is 0. The average molecular weight is 409 g/mol. The molecule has 1 amide bonds. The second-order valence-corrected chi connectivity index (χ2v) is 7.78. The molecule has 0 N–H and O–H groups in total. The molecule has 9 heteroatoms. The lowest BCUT2D eigenvalue weighted by atomic mass is 9.97. The Bertz CT molecular complexity index is 898. The molecular weight excluding hydrogens is 391 g/mol. The van der Waals surface area contributed by atoms with Crippen LogP contribution in [0, 0.1) is 17.5 Å². The first-order chi connectivity index (χ1) is 13.5. The van der Waals surface area contributed by atoms with Gasteiger partial charge < -0.3 is 9.04 Å². The molecule has 1 atom stereocenters. The second kappa shape index (κ2) is 7.54. The first-order valence-corrected chi connectivity index (χ1v) is 9.82. The molecule has 0 bridgehead atoms. The van der Waals surface area contributed by atoms with Crippen molar-refractivity contribution in [3.05, 3.63) is 47.3 Å². The summed E-state index contributed by atoms with van der Waals surface area (Å²) < 4.78 is 50.0. The third-order valence-corrected chi connectivity index (χ3v) is 6.05. The number of rotatable bonds is 4. The number of hydrogen-bond donors (Lipinski definition) is 0. The summed E-state index contributed by atoms with van der Waals surface area (Å²) in [5.74, 6) is -1.89. The van der Waals surface area contributed by atoms with Crippen LogP contribution in [0.25, 0.3) is 0 Å². The monoisotopic (exact) mass is 409 g/mol. The molecule has 2 fully saturated rings. The highest BCUT2D eigenvalue weighted by Gasteiger charge is 2.37. The fourth-order valence-electron chi connectivity index (χ4n) is 3.55.